The fourth-order valence-corrected chi connectivity index (χ4v) is 1.19. The van der Waals surface area contributed by atoms with Gasteiger partial charge in [-0.05, 0) is 24.6 Å². The molecule has 11 heavy (non-hydrogen) atoms. The van der Waals surface area contributed by atoms with Crippen LogP contribution in [-0.2, 0) is 0 Å². The van der Waals surface area contributed by atoms with Crippen LogP contribution in [0.3, 0.4) is 0 Å². The van der Waals surface area contributed by atoms with Gasteiger partial charge in [-0.15, -0.1) is 0 Å². The Kier molecular flexibility index (Phi) is 1.15. The molecule has 0 saturated carbocycles. The van der Waals surface area contributed by atoms with E-state index in [0.717, 1.165) is 10.9 Å². The molecule has 0 atom stereocenters. The van der Waals surface area contributed by atoms with Gasteiger partial charge in [0.15, 0.2) is 11.3 Å². The standard InChI is InChI=1S/C9H8O2/c1-6-2-3-8(10)9-7(6)4-5-11-9/h2-5,10H,1H3. The summed E-state index contributed by atoms with van der Waals surface area (Å²) in [5.41, 5.74) is 1.69. The van der Waals surface area contributed by atoms with Crippen molar-refractivity contribution in [2.24, 2.45) is 0 Å². The van der Waals surface area contributed by atoms with Crippen LogP contribution in [0.25, 0.3) is 11.0 Å². The van der Waals surface area contributed by atoms with Gasteiger partial charge in [0.05, 0.1) is 6.26 Å². The third kappa shape index (κ3) is 0.792. The molecule has 0 unspecified atom stereocenters. The van der Waals surface area contributed by atoms with Crippen LogP contribution in [0.4, 0.5) is 0 Å². The summed E-state index contributed by atoms with van der Waals surface area (Å²) in [4.78, 5) is 0. The minimum absolute atomic E-state index is 0.204. The molecule has 56 valence electrons. The lowest BCUT2D eigenvalue weighted by atomic mass is 10.1. The van der Waals surface area contributed by atoms with Crippen molar-refractivity contribution in [2.75, 3.05) is 0 Å². The molecule has 0 radical (unpaired) electrons. The smallest absolute Gasteiger partial charge is 0.175 e. The summed E-state index contributed by atoms with van der Waals surface area (Å²) in [5.74, 6) is 0.204. The van der Waals surface area contributed by atoms with E-state index in [1.807, 2.05) is 19.1 Å². The Morgan fingerprint density at radius 2 is 2.09 bits per heavy atom. The second kappa shape index (κ2) is 2.02. The molecule has 0 aliphatic heterocycles. The van der Waals surface area contributed by atoms with Gasteiger partial charge in [0.25, 0.3) is 0 Å². The highest BCUT2D eigenvalue weighted by Crippen LogP contribution is 2.27. The van der Waals surface area contributed by atoms with Crippen LogP contribution < -0.4 is 0 Å². The average molecular weight is 148 g/mol. The first-order valence-corrected chi connectivity index (χ1v) is 3.45. The third-order valence-corrected chi connectivity index (χ3v) is 1.81. The molecule has 1 N–H and O–H groups in total. The SMILES string of the molecule is Cc1ccc(O)c2occc12. The second-order valence-electron chi connectivity index (χ2n) is 2.56. The molecule has 0 spiro atoms. The first kappa shape index (κ1) is 6.28. The molecule has 2 nitrogen and oxygen atoms in total. The summed E-state index contributed by atoms with van der Waals surface area (Å²) in [6.07, 6.45) is 1.58. The Labute approximate surface area is 64.1 Å². The van der Waals surface area contributed by atoms with Crippen LogP contribution in [0.1, 0.15) is 5.56 Å². The molecule has 1 heterocycles. The highest BCUT2D eigenvalue weighted by atomic mass is 16.3. The molecule has 0 amide bonds. The fourth-order valence-electron chi connectivity index (χ4n) is 1.19. The summed E-state index contributed by atoms with van der Waals surface area (Å²) in [7, 11) is 0. The lowest BCUT2D eigenvalue weighted by Gasteiger charge is -1.95. The third-order valence-electron chi connectivity index (χ3n) is 1.81. The number of hydrogen-bond acceptors (Lipinski definition) is 2. The first-order chi connectivity index (χ1) is 5.29. The maximum atomic E-state index is 9.29. The molecule has 2 rings (SSSR count). The number of rotatable bonds is 0. The molecule has 0 aliphatic carbocycles. The Balaban J connectivity index is 2.96. The molecule has 2 heteroatoms. The number of aromatic hydroxyl groups is 1. The van der Waals surface area contributed by atoms with E-state index in [4.69, 9.17) is 4.42 Å². The van der Waals surface area contributed by atoms with E-state index in [9.17, 15) is 5.11 Å². The first-order valence-electron chi connectivity index (χ1n) is 3.45. The van der Waals surface area contributed by atoms with Crippen LogP contribution in [0.2, 0.25) is 0 Å². The van der Waals surface area contributed by atoms with Crippen LogP contribution in [0.15, 0.2) is 28.9 Å². The minimum atomic E-state index is 0.204. The maximum Gasteiger partial charge on any atom is 0.175 e. The topological polar surface area (TPSA) is 33.4 Å². The van der Waals surface area contributed by atoms with Gasteiger partial charge in [-0.3, -0.25) is 0 Å². The summed E-state index contributed by atoms with van der Waals surface area (Å²) in [6.45, 7) is 1.98. The van der Waals surface area contributed by atoms with Crippen LogP contribution in [-0.4, -0.2) is 5.11 Å². The zero-order valence-electron chi connectivity index (χ0n) is 6.16. The van der Waals surface area contributed by atoms with E-state index in [1.165, 1.54) is 0 Å². The Bertz CT molecular complexity index is 351. The summed E-state index contributed by atoms with van der Waals surface area (Å²) in [6, 6.07) is 5.36. The van der Waals surface area contributed by atoms with Crippen molar-refractivity contribution in [3.63, 3.8) is 0 Å². The lowest BCUT2D eigenvalue weighted by molar-refractivity contribution is 0.465. The van der Waals surface area contributed by atoms with Crippen molar-refractivity contribution in [3.05, 3.63) is 30.0 Å². The van der Waals surface area contributed by atoms with Gasteiger partial charge >= 0.3 is 0 Å². The fraction of sp³-hybridized carbons (Fsp3) is 0.111. The van der Waals surface area contributed by atoms with Crippen molar-refractivity contribution in [1.82, 2.24) is 0 Å². The minimum Gasteiger partial charge on any atom is -0.504 e. The number of phenols is 1. The van der Waals surface area contributed by atoms with Crippen molar-refractivity contribution in [2.45, 2.75) is 6.92 Å². The predicted molar refractivity (Wildman–Crippen MR) is 42.6 cm³/mol. The van der Waals surface area contributed by atoms with Crippen LogP contribution in [0, 0.1) is 6.92 Å². The molecule has 0 fully saturated rings. The molecule has 0 aliphatic rings. The van der Waals surface area contributed by atoms with Crippen molar-refractivity contribution in [3.8, 4) is 5.75 Å². The monoisotopic (exact) mass is 148 g/mol. The van der Waals surface area contributed by atoms with Gasteiger partial charge < -0.3 is 9.52 Å². The van der Waals surface area contributed by atoms with E-state index in [0.29, 0.717) is 5.58 Å². The quantitative estimate of drug-likeness (QED) is 0.622. The van der Waals surface area contributed by atoms with Crippen molar-refractivity contribution in [1.29, 1.82) is 0 Å². The predicted octanol–water partition coefficient (Wildman–Crippen LogP) is 2.45. The van der Waals surface area contributed by atoms with E-state index in [2.05, 4.69) is 0 Å². The largest absolute Gasteiger partial charge is 0.504 e. The Morgan fingerprint density at radius 3 is 2.82 bits per heavy atom. The number of aryl methyl sites for hydroxylation is 1. The average Bonchev–Trinajstić information content (AvgIpc) is 2.45. The van der Waals surface area contributed by atoms with Crippen molar-refractivity contribution < 1.29 is 9.52 Å². The maximum absolute atomic E-state index is 9.29. The molecule has 2 aromatic rings. The van der Waals surface area contributed by atoms with E-state index >= 15 is 0 Å². The van der Waals surface area contributed by atoms with Gasteiger partial charge in [0, 0.05) is 5.39 Å². The number of phenolic OH excluding ortho intramolecular Hbond substituents is 1. The van der Waals surface area contributed by atoms with E-state index in [1.54, 1.807) is 12.3 Å². The molecular formula is C9H8O2. The normalized spacial score (nSPS) is 10.6. The van der Waals surface area contributed by atoms with Crippen molar-refractivity contribution >= 4 is 11.0 Å². The Morgan fingerprint density at radius 1 is 1.27 bits per heavy atom. The number of hydrogen-bond donors (Lipinski definition) is 1. The van der Waals surface area contributed by atoms with Gasteiger partial charge in [0.1, 0.15) is 0 Å². The highest BCUT2D eigenvalue weighted by molar-refractivity contribution is 5.85. The Hall–Kier alpha value is -1.44. The van der Waals surface area contributed by atoms with Gasteiger partial charge in [0.2, 0.25) is 0 Å². The molecule has 0 bridgehead atoms. The number of fused-ring (bicyclic) bond motifs is 1. The van der Waals surface area contributed by atoms with Gasteiger partial charge in [-0.25, -0.2) is 0 Å². The highest BCUT2D eigenvalue weighted by Gasteiger charge is 2.03. The van der Waals surface area contributed by atoms with E-state index < -0.39 is 0 Å². The van der Waals surface area contributed by atoms with Gasteiger partial charge in [-0.2, -0.15) is 0 Å². The van der Waals surface area contributed by atoms with Gasteiger partial charge in [-0.1, -0.05) is 6.07 Å². The number of benzene rings is 1. The summed E-state index contributed by atoms with van der Waals surface area (Å²) < 4.78 is 5.08. The van der Waals surface area contributed by atoms with Crippen LogP contribution in [0.5, 0.6) is 5.75 Å². The summed E-state index contributed by atoms with van der Waals surface area (Å²) in [5, 5.41) is 10.3. The van der Waals surface area contributed by atoms with E-state index in [-0.39, 0.29) is 5.75 Å². The lowest BCUT2D eigenvalue weighted by Crippen LogP contribution is -1.72. The van der Waals surface area contributed by atoms with Crippen LogP contribution >= 0.6 is 0 Å². The summed E-state index contributed by atoms with van der Waals surface area (Å²) >= 11 is 0. The molecule has 1 aromatic heterocycles. The number of furan rings is 1. The zero-order chi connectivity index (χ0) is 7.84. The molecular weight excluding hydrogens is 140 g/mol. The zero-order valence-corrected chi connectivity index (χ0v) is 6.16. The molecule has 0 saturated heterocycles. The second-order valence-corrected chi connectivity index (χ2v) is 2.56. The molecule has 1 aromatic carbocycles.